The van der Waals surface area contributed by atoms with Gasteiger partial charge in [0.15, 0.2) is 0 Å². The van der Waals surface area contributed by atoms with Crippen molar-refractivity contribution in [2.75, 3.05) is 31.9 Å². The summed E-state index contributed by atoms with van der Waals surface area (Å²) in [6, 6.07) is 10.4. The fourth-order valence-corrected chi connectivity index (χ4v) is 5.81. The quantitative estimate of drug-likeness (QED) is 0.808. The minimum atomic E-state index is -3.13. The van der Waals surface area contributed by atoms with Crippen molar-refractivity contribution in [2.45, 2.75) is 38.8 Å². The molecule has 3 heterocycles. The van der Waals surface area contributed by atoms with E-state index in [1.807, 2.05) is 12.3 Å². The highest BCUT2D eigenvalue weighted by Gasteiger charge is 2.47. The van der Waals surface area contributed by atoms with Gasteiger partial charge >= 0.3 is 0 Å². The maximum atomic E-state index is 12.3. The third kappa shape index (κ3) is 3.02. The SMILES string of the molecule is CCN1CCn2c(-c3ccccc3)cnc2C12CCN(S(=O)(=O)CC)CC2. The molecular weight excluding hydrogens is 360 g/mol. The minimum Gasteiger partial charge on any atom is -0.325 e. The molecule has 146 valence electrons. The van der Waals surface area contributed by atoms with E-state index in [0.717, 1.165) is 44.0 Å². The van der Waals surface area contributed by atoms with Gasteiger partial charge in [-0.2, -0.15) is 0 Å². The Labute approximate surface area is 161 Å². The van der Waals surface area contributed by atoms with Crippen LogP contribution in [0.4, 0.5) is 0 Å². The minimum absolute atomic E-state index is 0.167. The molecule has 0 saturated carbocycles. The molecule has 7 heteroatoms. The molecule has 0 unspecified atom stereocenters. The van der Waals surface area contributed by atoms with Crippen LogP contribution in [0.5, 0.6) is 0 Å². The number of piperidine rings is 1. The Balaban J connectivity index is 1.71. The van der Waals surface area contributed by atoms with Crippen molar-refractivity contribution in [3.63, 3.8) is 0 Å². The largest absolute Gasteiger partial charge is 0.325 e. The molecule has 0 N–H and O–H groups in total. The monoisotopic (exact) mass is 388 g/mol. The van der Waals surface area contributed by atoms with E-state index < -0.39 is 10.0 Å². The van der Waals surface area contributed by atoms with Crippen molar-refractivity contribution in [2.24, 2.45) is 0 Å². The number of fused-ring (bicyclic) bond motifs is 2. The predicted octanol–water partition coefficient (Wildman–Crippen LogP) is 2.53. The Morgan fingerprint density at radius 2 is 1.74 bits per heavy atom. The summed E-state index contributed by atoms with van der Waals surface area (Å²) >= 11 is 0. The Hall–Kier alpha value is -1.70. The van der Waals surface area contributed by atoms with Gasteiger partial charge in [0.05, 0.1) is 23.2 Å². The smallest absolute Gasteiger partial charge is 0.213 e. The normalized spacial score (nSPS) is 20.7. The van der Waals surface area contributed by atoms with Gasteiger partial charge in [0, 0.05) is 26.2 Å². The van der Waals surface area contributed by atoms with Gasteiger partial charge in [0.1, 0.15) is 5.82 Å². The molecule has 1 fully saturated rings. The number of aromatic nitrogens is 2. The zero-order valence-electron chi connectivity index (χ0n) is 16.1. The molecule has 1 saturated heterocycles. The number of hydrogen-bond donors (Lipinski definition) is 0. The van der Waals surface area contributed by atoms with E-state index in [1.165, 1.54) is 5.56 Å². The molecule has 1 spiro atoms. The lowest BCUT2D eigenvalue weighted by atomic mass is 9.84. The highest BCUT2D eigenvalue weighted by atomic mass is 32.2. The van der Waals surface area contributed by atoms with E-state index in [4.69, 9.17) is 4.98 Å². The number of sulfonamides is 1. The summed E-state index contributed by atoms with van der Waals surface area (Å²) in [5.41, 5.74) is 2.17. The first-order valence-electron chi connectivity index (χ1n) is 9.86. The van der Waals surface area contributed by atoms with Crippen LogP contribution in [0.15, 0.2) is 36.5 Å². The van der Waals surface area contributed by atoms with Crippen molar-refractivity contribution >= 4 is 10.0 Å². The van der Waals surface area contributed by atoms with Crippen LogP contribution in [0.25, 0.3) is 11.3 Å². The van der Waals surface area contributed by atoms with Crippen molar-refractivity contribution in [3.8, 4) is 11.3 Å². The van der Waals surface area contributed by atoms with Crippen LogP contribution < -0.4 is 0 Å². The summed E-state index contributed by atoms with van der Waals surface area (Å²) in [5.74, 6) is 1.27. The highest BCUT2D eigenvalue weighted by molar-refractivity contribution is 7.89. The van der Waals surface area contributed by atoms with Gasteiger partial charge in [-0.25, -0.2) is 17.7 Å². The second kappa shape index (κ2) is 7.04. The Morgan fingerprint density at radius 1 is 1.04 bits per heavy atom. The molecule has 1 aromatic carbocycles. The van der Waals surface area contributed by atoms with E-state index >= 15 is 0 Å². The second-order valence-corrected chi connectivity index (χ2v) is 9.65. The summed E-state index contributed by atoms with van der Waals surface area (Å²) in [5, 5.41) is 0. The van der Waals surface area contributed by atoms with Crippen LogP contribution in [-0.4, -0.2) is 59.1 Å². The van der Waals surface area contributed by atoms with Crippen LogP contribution in [0, 0.1) is 0 Å². The van der Waals surface area contributed by atoms with E-state index in [0.29, 0.717) is 13.1 Å². The van der Waals surface area contributed by atoms with Gasteiger partial charge in [-0.3, -0.25) is 4.90 Å². The zero-order valence-corrected chi connectivity index (χ0v) is 17.0. The topological polar surface area (TPSA) is 58.4 Å². The van der Waals surface area contributed by atoms with Crippen molar-refractivity contribution in [3.05, 3.63) is 42.4 Å². The number of hydrogen-bond acceptors (Lipinski definition) is 4. The van der Waals surface area contributed by atoms with Crippen LogP contribution in [0.1, 0.15) is 32.5 Å². The molecule has 4 rings (SSSR count). The third-order valence-electron chi connectivity index (χ3n) is 6.23. The van der Waals surface area contributed by atoms with Gasteiger partial charge in [-0.1, -0.05) is 37.3 Å². The van der Waals surface area contributed by atoms with Gasteiger partial charge in [-0.05, 0) is 31.9 Å². The van der Waals surface area contributed by atoms with Gasteiger partial charge in [0.2, 0.25) is 10.0 Å². The molecule has 2 aliphatic rings. The molecule has 6 nitrogen and oxygen atoms in total. The fraction of sp³-hybridized carbons (Fsp3) is 0.550. The Bertz CT molecular complexity index is 899. The number of imidazole rings is 1. The lowest BCUT2D eigenvalue weighted by molar-refractivity contribution is 0.0101. The zero-order chi connectivity index (χ0) is 19.1. The molecule has 0 amide bonds. The molecule has 2 aliphatic heterocycles. The standard InChI is InChI=1S/C20H28N4O2S/c1-3-22-14-15-24-18(17-8-6-5-7-9-17)16-21-19(24)20(22)10-12-23(13-11-20)27(25,26)4-2/h5-9,16H,3-4,10-15H2,1-2H3. The second-order valence-electron chi connectivity index (χ2n) is 7.40. The molecule has 2 aromatic rings. The van der Waals surface area contributed by atoms with E-state index in [1.54, 1.807) is 11.2 Å². The maximum Gasteiger partial charge on any atom is 0.213 e. The summed E-state index contributed by atoms with van der Waals surface area (Å²) in [4.78, 5) is 7.37. The van der Waals surface area contributed by atoms with E-state index in [-0.39, 0.29) is 11.3 Å². The van der Waals surface area contributed by atoms with Crippen LogP contribution >= 0.6 is 0 Å². The lowest BCUT2D eigenvalue weighted by Gasteiger charge is -2.50. The summed E-state index contributed by atoms with van der Waals surface area (Å²) in [6.45, 7) is 7.89. The third-order valence-corrected chi connectivity index (χ3v) is 8.11. The average molecular weight is 389 g/mol. The highest BCUT2D eigenvalue weighted by Crippen LogP contribution is 2.42. The van der Waals surface area contributed by atoms with Crippen LogP contribution in [-0.2, 0) is 22.1 Å². The number of nitrogens with zero attached hydrogens (tertiary/aromatic N) is 4. The van der Waals surface area contributed by atoms with Gasteiger partial charge < -0.3 is 4.57 Å². The number of benzene rings is 1. The lowest BCUT2D eigenvalue weighted by Crippen LogP contribution is -2.58. The van der Waals surface area contributed by atoms with E-state index in [2.05, 4.69) is 40.7 Å². The van der Waals surface area contributed by atoms with Crippen molar-refractivity contribution < 1.29 is 8.42 Å². The predicted molar refractivity (Wildman–Crippen MR) is 107 cm³/mol. The molecule has 0 atom stereocenters. The molecule has 0 aliphatic carbocycles. The first kappa shape index (κ1) is 18.7. The molecular formula is C20H28N4O2S. The number of rotatable bonds is 4. The first-order valence-corrected chi connectivity index (χ1v) is 11.5. The van der Waals surface area contributed by atoms with Crippen LogP contribution in [0.3, 0.4) is 0 Å². The first-order chi connectivity index (χ1) is 13.0. The fourth-order valence-electron chi connectivity index (χ4n) is 4.71. The summed E-state index contributed by atoms with van der Waals surface area (Å²) in [7, 11) is -3.13. The van der Waals surface area contributed by atoms with Gasteiger partial charge in [-0.15, -0.1) is 0 Å². The van der Waals surface area contributed by atoms with Crippen molar-refractivity contribution in [1.82, 2.24) is 18.8 Å². The Kier molecular flexibility index (Phi) is 4.86. The summed E-state index contributed by atoms with van der Waals surface area (Å²) < 4.78 is 28.6. The molecule has 1 aromatic heterocycles. The molecule has 0 radical (unpaired) electrons. The Morgan fingerprint density at radius 3 is 2.37 bits per heavy atom. The van der Waals surface area contributed by atoms with Crippen molar-refractivity contribution in [1.29, 1.82) is 0 Å². The van der Waals surface area contributed by atoms with Crippen LogP contribution in [0.2, 0.25) is 0 Å². The maximum absolute atomic E-state index is 12.3. The van der Waals surface area contributed by atoms with E-state index in [9.17, 15) is 8.42 Å². The van der Waals surface area contributed by atoms with Gasteiger partial charge in [0.25, 0.3) is 0 Å². The molecule has 0 bridgehead atoms. The number of likely N-dealkylation sites (N-methyl/N-ethyl adjacent to an activating group) is 1. The molecule has 27 heavy (non-hydrogen) atoms. The average Bonchev–Trinajstić information content (AvgIpc) is 3.15. The summed E-state index contributed by atoms with van der Waals surface area (Å²) in [6.07, 6.45) is 3.58.